The molecule has 0 atom stereocenters. The van der Waals surface area contributed by atoms with Gasteiger partial charge in [0.2, 0.25) is 0 Å². The third kappa shape index (κ3) is 5.76. The number of rotatable bonds is 6. The van der Waals surface area contributed by atoms with Crippen LogP contribution >= 0.6 is 11.3 Å². The van der Waals surface area contributed by atoms with Gasteiger partial charge in [-0.25, -0.2) is 24.9 Å². The molecule has 13 aromatic rings. The quantitative estimate of drug-likeness (QED) is 0.165. The third-order valence-corrected chi connectivity index (χ3v) is 13.0. The summed E-state index contributed by atoms with van der Waals surface area (Å²) in [6.07, 6.45) is 0. The zero-order valence-corrected chi connectivity index (χ0v) is 34.2. The molecule has 13 rings (SSSR count). The lowest BCUT2D eigenvalue weighted by atomic mass is 9.99. The molecule has 0 N–H and O–H groups in total. The van der Waals surface area contributed by atoms with Gasteiger partial charge < -0.3 is 8.83 Å². The van der Waals surface area contributed by atoms with Crippen LogP contribution in [0.1, 0.15) is 0 Å². The highest BCUT2D eigenvalue weighted by Crippen LogP contribution is 2.46. The number of fused-ring (bicyclic) bond motifs is 9. The molecular weight excluding hydrogens is 795 g/mol. The second-order valence-corrected chi connectivity index (χ2v) is 16.6. The van der Waals surface area contributed by atoms with E-state index in [4.69, 9.17) is 33.8 Å². The number of furan rings is 2. The summed E-state index contributed by atoms with van der Waals surface area (Å²) in [6, 6.07) is 63.9. The van der Waals surface area contributed by atoms with Crippen LogP contribution in [0.4, 0.5) is 0 Å². The number of hydrogen-bond acceptors (Lipinski definition) is 8. The minimum atomic E-state index is 0.578. The third-order valence-electron chi connectivity index (χ3n) is 11.8. The number of nitrogens with zero attached hydrogens (tertiary/aromatic N) is 5. The van der Waals surface area contributed by atoms with Crippen LogP contribution in [0.15, 0.2) is 197 Å². The summed E-state index contributed by atoms with van der Waals surface area (Å²) in [4.78, 5) is 25.8. The monoisotopic (exact) mass is 825 g/mol. The Morgan fingerprint density at radius 1 is 0.333 bits per heavy atom. The van der Waals surface area contributed by atoms with E-state index in [0.717, 1.165) is 109 Å². The summed E-state index contributed by atoms with van der Waals surface area (Å²) >= 11 is 1.73. The SMILES string of the molecule is c1ccc(-c2nc(-c3ccccc3)nc(-c3cccc4oc5ccc(-c6cccc7c6sc6c(-c8ccccc8)nc(-c8cccc9c8oc8ccccc89)nc67)cc5c34)n2)cc1. The lowest BCUT2D eigenvalue weighted by Crippen LogP contribution is -2.00. The van der Waals surface area contributed by atoms with Gasteiger partial charge in [-0.3, -0.25) is 0 Å². The van der Waals surface area contributed by atoms with Crippen molar-refractivity contribution in [3.05, 3.63) is 188 Å². The molecule has 5 aromatic heterocycles. The van der Waals surface area contributed by atoms with Crippen LogP contribution in [-0.4, -0.2) is 24.9 Å². The van der Waals surface area contributed by atoms with Crippen LogP contribution in [0.3, 0.4) is 0 Å². The molecule has 0 amide bonds. The van der Waals surface area contributed by atoms with E-state index in [1.54, 1.807) is 11.3 Å². The van der Waals surface area contributed by atoms with Gasteiger partial charge in [0.05, 0.1) is 21.5 Å². The Morgan fingerprint density at radius 2 is 0.905 bits per heavy atom. The Bertz CT molecular complexity index is 3860. The Labute approximate surface area is 363 Å². The zero-order valence-electron chi connectivity index (χ0n) is 33.4. The van der Waals surface area contributed by atoms with Crippen LogP contribution in [0, 0.1) is 0 Å². The number of benzene rings is 8. The van der Waals surface area contributed by atoms with Crippen molar-refractivity contribution in [1.82, 2.24) is 24.9 Å². The second kappa shape index (κ2) is 14.1. The molecule has 0 aliphatic heterocycles. The van der Waals surface area contributed by atoms with Crippen LogP contribution in [0.5, 0.6) is 0 Å². The lowest BCUT2D eigenvalue weighted by molar-refractivity contribution is 0.669. The molecule has 294 valence electrons. The first-order chi connectivity index (χ1) is 31.2. The highest BCUT2D eigenvalue weighted by atomic mass is 32.1. The van der Waals surface area contributed by atoms with Gasteiger partial charge >= 0.3 is 0 Å². The summed E-state index contributed by atoms with van der Waals surface area (Å²) in [5.41, 5.74) is 11.7. The van der Waals surface area contributed by atoms with Crippen LogP contribution < -0.4 is 0 Å². The van der Waals surface area contributed by atoms with Crippen molar-refractivity contribution in [3.8, 4) is 67.9 Å². The fourth-order valence-corrected chi connectivity index (χ4v) is 10.1. The van der Waals surface area contributed by atoms with Crippen molar-refractivity contribution >= 4 is 75.5 Å². The van der Waals surface area contributed by atoms with Crippen molar-refractivity contribution in [2.75, 3.05) is 0 Å². The van der Waals surface area contributed by atoms with Gasteiger partial charge in [0.15, 0.2) is 23.3 Å². The number of hydrogen-bond donors (Lipinski definition) is 0. The highest BCUT2D eigenvalue weighted by molar-refractivity contribution is 7.26. The number of thiophene rings is 1. The summed E-state index contributed by atoms with van der Waals surface area (Å²) in [7, 11) is 0. The van der Waals surface area contributed by atoms with Gasteiger partial charge in [-0.2, -0.15) is 0 Å². The van der Waals surface area contributed by atoms with Crippen molar-refractivity contribution in [2.45, 2.75) is 0 Å². The molecular formula is C55H31N5O2S. The van der Waals surface area contributed by atoms with E-state index in [0.29, 0.717) is 23.3 Å². The van der Waals surface area contributed by atoms with E-state index < -0.39 is 0 Å². The molecule has 8 aromatic carbocycles. The summed E-state index contributed by atoms with van der Waals surface area (Å²) in [5.74, 6) is 2.42. The zero-order chi connectivity index (χ0) is 41.4. The molecule has 0 saturated carbocycles. The van der Waals surface area contributed by atoms with Gasteiger partial charge in [0.1, 0.15) is 22.3 Å². The fourth-order valence-electron chi connectivity index (χ4n) is 8.84. The Hall–Kier alpha value is -8.33. The van der Waals surface area contributed by atoms with Gasteiger partial charge in [-0.15, -0.1) is 11.3 Å². The molecule has 0 bridgehead atoms. The Kier molecular flexibility index (Phi) is 7.94. The van der Waals surface area contributed by atoms with Gasteiger partial charge in [-0.05, 0) is 41.5 Å². The molecule has 0 radical (unpaired) electrons. The maximum Gasteiger partial charge on any atom is 0.164 e. The standard InChI is InChI=1S/C55H31N5O2S/c1-4-15-32(16-5-1)47-51-48(57-55(56-47)41-26-13-23-38-37-21-10-11-27-43(37)62-49(38)41)40-25-12-22-36(50(40)63-51)35-29-30-44-42(31-35)46-39(24-14-28-45(46)61-44)54-59-52(33-17-6-2-7-18-33)58-53(60-54)34-19-8-3-9-20-34/h1-31H. The molecule has 0 unspecified atom stereocenters. The van der Waals surface area contributed by atoms with Gasteiger partial charge in [0, 0.05) is 53.9 Å². The maximum absolute atomic E-state index is 6.55. The van der Waals surface area contributed by atoms with Crippen molar-refractivity contribution < 1.29 is 8.83 Å². The molecule has 0 fully saturated rings. The van der Waals surface area contributed by atoms with Crippen molar-refractivity contribution in [2.24, 2.45) is 0 Å². The summed E-state index contributed by atoms with van der Waals surface area (Å²) in [6.45, 7) is 0. The lowest BCUT2D eigenvalue weighted by Gasteiger charge is -2.09. The first-order valence-electron chi connectivity index (χ1n) is 20.7. The van der Waals surface area contributed by atoms with E-state index in [9.17, 15) is 0 Å². The molecule has 63 heavy (non-hydrogen) atoms. The van der Waals surface area contributed by atoms with E-state index in [1.165, 1.54) is 0 Å². The average Bonchev–Trinajstić information content (AvgIpc) is 4.06. The predicted molar refractivity (Wildman–Crippen MR) is 255 cm³/mol. The van der Waals surface area contributed by atoms with Crippen molar-refractivity contribution in [1.29, 1.82) is 0 Å². The highest BCUT2D eigenvalue weighted by Gasteiger charge is 2.23. The molecule has 0 aliphatic carbocycles. The summed E-state index contributed by atoms with van der Waals surface area (Å²) in [5, 5.41) is 5.10. The molecule has 7 nitrogen and oxygen atoms in total. The predicted octanol–water partition coefficient (Wildman–Crippen LogP) is 14.8. The van der Waals surface area contributed by atoms with Gasteiger partial charge in [0.25, 0.3) is 0 Å². The smallest absolute Gasteiger partial charge is 0.164 e. The van der Waals surface area contributed by atoms with Crippen LogP contribution in [0.25, 0.3) is 132 Å². The van der Waals surface area contributed by atoms with Gasteiger partial charge in [-0.1, -0.05) is 158 Å². The molecule has 0 spiro atoms. The first-order valence-corrected chi connectivity index (χ1v) is 21.6. The van der Waals surface area contributed by atoms with Crippen LogP contribution in [-0.2, 0) is 0 Å². The normalized spacial score (nSPS) is 11.8. The molecule has 8 heteroatoms. The largest absolute Gasteiger partial charge is 0.456 e. The van der Waals surface area contributed by atoms with E-state index >= 15 is 0 Å². The average molecular weight is 826 g/mol. The molecule has 5 heterocycles. The first kappa shape index (κ1) is 35.4. The Morgan fingerprint density at radius 3 is 1.67 bits per heavy atom. The van der Waals surface area contributed by atoms with E-state index in [2.05, 4.69) is 91.0 Å². The topological polar surface area (TPSA) is 90.7 Å². The minimum absolute atomic E-state index is 0.578. The van der Waals surface area contributed by atoms with E-state index in [1.807, 2.05) is 97.1 Å². The number of aromatic nitrogens is 5. The fraction of sp³-hybridized carbons (Fsp3) is 0. The molecule has 0 aliphatic rings. The Balaban J connectivity index is 1.01. The minimum Gasteiger partial charge on any atom is -0.456 e. The maximum atomic E-state index is 6.55. The van der Waals surface area contributed by atoms with Crippen LogP contribution in [0.2, 0.25) is 0 Å². The second-order valence-electron chi connectivity index (χ2n) is 15.5. The van der Waals surface area contributed by atoms with Crippen molar-refractivity contribution in [3.63, 3.8) is 0 Å². The van der Waals surface area contributed by atoms with E-state index in [-0.39, 0.29) is 0 Å². The molecule has 0 saturated heterocycles. The summed E-state index contributed by atoms with van der Waals surface area (Å²) < 4.78 is 15.2. The number of para-hydroxylation sites is 2.